The lowest BCUT2D eigenvalue weighted by Crippen LogP contribution is -2.04. The lowest BCUT2D eigenvalue weighted by molar-refractivity contribution is 0.0921. The zero-order valence-corrected chi connectivity index (χ0v) is 5.88. The summed E-state index contributed by atoms with van der Waals surface area (Å²) >= 11 is 1.71. The molecule has 0 fully saturated rings. The molecule has 0 unspecified atom stereocenters. The normalized spacial score (nSPS) is 7.30. The van der Waals surface area contributed by atoms with Gasteiger partial charge in [-0.1, -0.05) is 12.1 Å². The van der Waals surface area contributed by atoms with Crippen LogP contribution in [0.3, 0.4) is 0 Å². The Kier molecular flexibility index (Phi) is 5.41. The molecule has 1 aromatic heterocycles. The first kappa shape index (κ1) is 8.93. The lowest BCUT2D eigenvalue weighted by atomic mass is 10.7. The van der Waals surface area contributed by atoms with Gasteiger partial charge < -0.3 is 9.94 Å². The zero-order valence-electron chi connectivity index (χ0n) is 5.06. The summed E-state index contributed by atoms with van der Waals surface area (Å²) in [6.45, 7) is 0. The first-order valence-electron chi connectivity index (χ1n) is 2.34. The molecule has 10 heavy (non-hydrogen) atoms. The number of carbonyl (C=O) groups is 1. The summed E-state index contributed by atoms with van der Waals surface area (Å²) in [5.41, 5.74) is 0. The maximum absolute atomic E-state index is 9.02. The number of thiophene rings is 1. The first-order valence-corrected chi connectivity index (χ1v) is 3.28. The predicted molar refractivity (Wildman–Crippen MR) is 37.6 cm³/mol. The number of carboxylic acid groups (broad SMARTS) is 1. The van der Waals surface area contributed by atoms with E-state index in [1.165, 1.54) is 0 Å². The fourth-order valence-electron chi connectivity index (χ4n) is 0.227. The number of nitrogens with two attached hydrogens (primary N) is 1. The molecule has 0 spiro atoms. The summed E-state index contributed by atoms with van der Waals surface area (Å²) in [5, 5.41) is 11.5. The molecule has 0 aromatic carbocycles. The van der Waals surface area contributed by atoms with Gasteiger partial charge in [0, 0.05) is 0 Å². The van der Waals surface area contributed by atoms with Gasteiger partial charge in [0.25, 0.3) is 0 Å². The smallest absolute Gasteiger partial charge is 0.448 e. The third-order valence-electron chi connectivity index (χ3n) is 0.526. The van der Waals surface area contributed by atoms with Crippen molar-refractivity contribution in [2.24, 2.45) is 5.90 Å². The Labute approximate surface area is 61.8 Å². The van der Waals surface area contributed by atoms with Crippen molar-refractivity contribution < 1.29 is 14.7 Å². The van der Waals surface area contributed by atoms with Gasteiger partial charge in [-0.05, 0) is 10.8 Å². The Hall–Kier alpha value is -1.07. The minimum Gasteiger partial charge on any atom is -0.448 e. The molecule has 56 valence electrons. The van der Waals surface area contributed by atoms with Gasteiger partial charge in [0.15, 0.2) is 0 Å². The van der Waals surface area contributed by atoms with Crippen molar-refractivity contribution in [1.82, 2.24) is 0 Å². The van der Waals surface area contributed by atoms with Crippen molar-refractivity contribution in [2.45, 2.75) is 0 Å². The number of hydrogen-bond acceptors (Lipinski definition) is 4. The molecular weight excluding hydrogens is 154 g/mol. The topological polar surface area (TPSA) is 72.5 Å². The van der Waals surface area contributed by atoms with Crippen LogP contribution < -0.4 is 5.90 Å². The average molecular weight is 161 g/mol. The molecule has 0 aliphatic rings. The molecule has 1 rings (SSSR count). The highest BCUT2D eigenvalue weighted by Gasteiger charge is 1.82. The maximum Gasteiger partial charge on any atom is 0.524 e. The Balaban J connectivity index is 0.000000162. The van der Waals surface area contributed by atoms with Gasteiger partial charge in [-0.3, -0.25) is 0 Å². The Bertz CT molecular complexity index is 146. The Morgan fingerprint density at radius 2 is 1.90 bits per heavy atom. The van der Waals surface area contributed by atoms with Crippen molar-refractivity contribution in [1.29, 1.82) is 0 Å². The van der Waals surface area contributed by atoms with Crippen LogP contribution in [0.2, 0.25) is 0 Å². The van der Waals surface area contributed by atoms with Crippen LogP contribution in [0.4, 0.5) is 4.79 Å². The van der Waals surface area contributed by atoms with Crippen LogP contribution in [-0.2, 0) is 4.84 Å². The Morgan fingerprint density at radius 3 is 2.00 bits per heavy atom. The minimum atomic E-state index is -1.47. The summed E-state index contributed by atoms with van der Waals surface area (Å²) in [4.78, 5) is 12.2. The molecule has 0 aliphatic heterocycles. The van der Waals surface area contributed by atoms with Crippen molar-refractivity contribution in [3.8, 4) is 0 Å². The highest BCUT2D eigenvalue weighted by atomic mass is 32.1. The number of hydrogen-bond donors (Lipinski definition) is 2. The van der Waals surface area contributed by atoms with Crippen molar-refractivity contribution in [3.63, 3.8) is 0 Å². The molecule has 0 saturated heterocycles. The summed E-state index contributed by atoms with van der Waals surface area (Å²) in [7, 11) is 0. The molecule has 0 bridgehead atoms. The van der Waals surface area contributed by atoms with Crippen LogP contribution in [0, 0.1) is 0 Å². The van der Waals surface area contributed by atoms with Crippen LogP contribution in [0.15, 0.2) is 22.9 Å². The van der Waals surface area contributed by atoms with E-state index >= 15 is 0 Å². The standard InChI is InChI=1S/C4H4S.CH3NO3/c1-2-4-5-3-1;2-5-1(3)4/h1-4H;2H2,(H,3,4). The molecule has 4 nitrogen and oxygen atoms in total. The van der Waals surface area contributed by atoms with Crippen LogP contribution in [-0.4, -0.2) is 11.3 Å². The predicted octanol–water partition coefficient (Wildman–Crippen LogP) is 1.30. The van der Waals surface area contributed by atoms with Gasteiger partial charge >= 0.3 is 6.16 Å². The van der Waals surface area contributed by atoms with Gasteiger partial charge in [0.1, 0.15) is 0 Å². The molecule has 0 saturated carbocycles. The van der Waals surface area contributed by atoms with Crippen molar-refractivity contribution in [2.75, 3.05) is 0 Å². The highest BCUT2D eigenvalue weighted by molar-refractivity contribution is 7.07. The first-order chi connectivity index (χ1) is 4.77. The second kappa shape index (κ2) is 6.06. The summed E-state index contributed by atoms with van der Waals surface area (Å²) in [6, 6.07) is 4.04. The van der Waals surface area contributed by atoms with Gasteiger partial charge in [0.05, 0.1) is 0 Å². The van der Waals surface area contributed by atoms with Gasteiger partial charge in [-0.15, -0.1) is 0 Å². The zero-order chi connectivity index (χ0) is 7.82. The van der Waals surface area contributed by atoms with E-state index in [0.29, 0.717) is 0 Å². The van der Waals surface area contributed by atoms with Gasteiger partial charge in [-0.2, -0.15) is 17.2 Å². The van der Waals surface area contributed by atoms with E-state index in [9.17, 15) is 0 Å². The van der Waals surface area contributed by atoms with Crippen LogP contribution in [0.1, 0.15) is 0 Å². The molecule has 0 radical (unpaired) electrons. The van der Waals surface area contributed by atoms with Gasteiger partial charge in [-0.25, -0.2) is 4.79 Å². The van der Waals surface area contributed by atoms with Crippen molar-refractivity contribution >= 4 is 17.5 Å². The van der Waals surface area contributed by atoms with Crippen LogP contribution in [0.25, 0.3) is 0 Å². The van der Waals surface area contributed by atoms with E-state index in [2.05, 4.69) is 10.7 Å². The highest BCUT2D eigenvalue weighted by Crippen LogP contribution is 1.91. The summed E-state index contributed by atoms with van der Waals surface area (Å²) < 4.78 is 0. The largest absolute Gasteiger partial charge is 0.524 e. The molecule has 1 heterocycles. The summed E-state index contributed by atoms with van der Waals surface area (Å²) in [6.07, 6.45) is -1.47. The van der Waals surface area contributed by atoms with E-state index in [1.807, 2.05) is 22.9 Å². The Morgan fingerprint density at radius 1 is 1.50 bits per heavy atom. The monoisotopic (exact) mass is 161 g/mol. The molecule has 5 heteroatoms. The van der Waals surface area contributed by atoms with Crippen molar-refractivity contribution in [3.05, 3.63) is 22.9 Å². The quantitative estimate of drug-likeness (QED) is 0.562. The van der Waals surface area contributed by atoms with Crippen LogP contribution in [0.5, 0.6) is 0 Å². The SMILES string of the molecule is NOC(=O)O.c1ccsc1. The summed E-state index contributed by atoms with van der Waals surface area (Å²) in [5.74, 6) is 4.07. The number of rotatable bonds is 0. The van der Waals surface area contributed by atoms with E-state index in [0.717, 1.165) is 0 Å². The minimum absolute atomic E-state index is 1.47. The fourth-order valence-corrected chi connectivity index (χ4v) is 0.680. The average Bonchev–Trinajstić information content (AvgIpc) is 2.43. The van der Waals surface area contributed by atoms with Crippen LogP contribution >= 0.6 is 11.3 Å². The molecule has 0 aliphatic carbocycles. The fraction of sp³-hybridized carbons (Fsp3) is 0. The molecule has 0 atom stereocenters. The van der Waals surface area contributed by atoms with Gasteiger partial charge in [0.2, 0.25) is 0 Å². The second-order valence-electron chi connectivity index (χ2n) is 1.18. The third kappa shape index (κ3) is 6.93. The third-order valence-corrected chi connectivity index (χ3v) is 1.15. The molecular formula is C5H7NO3S. The van der Waals surface area contributed by atoms with E-state index < -0.39 is 6.16 Å². The maximum atomic E-state index is 9.02. The van der Waals surface area contributed by atoms with E-state index in [1.54, 1.807) is 11.3 Å². The van der Waals surface area contributed by atoms with E-state index in [4.69, 9.17) is 9.90 Å². The molecule has 1 aromatic rings. The molecule has 0 amide bonds. The van der Waals surface area contributed by atoms with E-state index in [-0.39, 0.29) is 0 Å². The lowest BCUT2D eigenvalue weighted by Gasteiger charge is -1.77. The second-order valence-corrected chi connectivity index (χ2v) is 1.99. The molecule has 3 N–H and O–H groups in total.